The van der Waals surface area contributed by atoms with Gasteiger partial charge < -0.3 is 10.2 Å². The van der Waals surface area contributed by atoms with Gasteiger partial charge in [0.25, 0.3) is 11.8 Å². The molecule has 7 nitrogen and oxygen atoms in total. The molecule has 0 spiro atoms. The van der Waals surface area contributed by atoms with E-state index >= 15 is 0 Å². The number of imide groups is 1. The number of nitrogens with zero attached hydrogens (tertiary/aromatic N) is 2. The fourth-order valence-electron chi connectivity index (χ4n) is 3.75. The van der Waals surface area contributed by atoms with Crippen LogP contribution in [0.2, 0.25) is 0 Å². The lowest BCUT2D eigenvalue weighted by atomic mass is 10.1. The van der Waals surface area contributed by atoms with E-state index in [1.807, 2.05) is 38.1 Å². The van der Waals surface area contributed by atoms with Crippen molar-refractivity contribution in [1.29, 1.82) is 0 Å². The van der Waals surface area contributed by atoms with Gasteiger partial charge in [0.2, 0.25) is 11.8 Å². The predicted octanol–water partition coefficient (Wildman–Crippen LogP) is 3.77. The van der Waals surface area contributed by atoms with Gasteiger partial charge in [0.1, 0.15) is 6.04 Å². The van der Waals surface area contributed by atoms with Gasteiger partial charge in [-0.05, 0) is 57.0 Å². The maximum Gasteiger partial charge on any atom is 0.261 e. The van der Waals surface area contributed by atoms with Crippen molar-refractivity contribution < 1.29 is 19.2 Å². The molecule has 0 bridgehead atoms. The van der Waals surface area contributed by atoms with E-state index in [-0.39, 0.29) is 49.2 Å². The van der Waals surface area contributed by atoms with E-state index < -0.39 is 6.04 Å². The van der Waals surface area contributed by atoms with Crippen LogP contribution in [-0.2, 0) is 16.1 Å². The Morgan fingerprint density at radius 2 is 1.55 bits per heavy atom. The Labute approximate surface area is 202 Å². The summed E-state index contributed by atoms with van der Waals surface area (Å²) in [6.45, 7) is 5.88. The molecule has 1 aliphatic rings. The molecule has 1 N–H and O–H groups in total. The second-order valence-electron chi connectivity index (χ2n) is 8.40. The van der Waals surface area contributed by atoms with Gasteiger partial charge in [-0.2, -0.15) is 0 Å². The largest absolute Gasteiger partial charge is 0.352 e. The van der Waals surface area contributed by atoms with E-state index in [2.05, 4.69) is 21.2 Å². The highest BCUT2D eigenvalue weighted by Crippen LogP contribution is 2.23. The summed E-state index contributed by atoms with van der Waals surface area (Å²) in [5, 5.41) is 2.86. The lowest BCUT2D eigenvalue weighted by Crippen LogP contribution is -2.49. The first kappa shape index (κ1) is 24.6. The summed E-state index contributed by atoms with van der Waals surface area (Å²) < 4.78 is 0.927. The maximum atomic E-state index is 13.1. The van der Waals surface area contributed by atoms with Gasteiger partial charge in [-0.3, -0.25) is 24.1 Å². The van der Waals surface area contributed by atoms with Crippen molar-refractivity contribution in [2.45, 2.75) is 52.2 Å². The van der Waals surface area contributed by atoms with Gasteiger partial charge >= 0.3 is 0 Å². The standard InChI is InChI=1S/C25H28BrN3O4/c1-16(2)27-23(31)17(3)29(15-18-10-12-19(26)13-11-18)22(30)9-6-14-28-24(32)20-7-4-5-8-21(20)25(28)33/h4-5,7-8,10-13,16-17H,6,9,14-15H2,1-3H3,(H,27,31)/t17-/m0/s1. The molecular formula is C25H28BrN3O4. The third-order valence-corrected chi connectivity index (χ3v) is 6.04. The summed E-state index contributed by atoms with van der Waals surface area (Å²) in [4.78, 5) is 53.6. The number of halogens is 1. The molecule has 0 aromatic heterocycles. The molecule has 3 rings (SSSR count). The summed E-state index contributed by atoms with van der Waals surface area (Å²) in [5.74, 6) is -1.10. The van der Waals surface area contributed by atoms with Crippen LogP contribution in [0.1, 0.15) is 59.9 Å². The van der Waals surface area contributed by atoms with Crippen molar-refractivity contribution in [3.05, 3.63) is 69.7 Å². The summed E-state index contributed by atoms with van der Waals surface area (Å²) >= 11 is 3.40. The zero-order valence-electron chi connectivity index (χ0n) is 19.0. The van der Waals surface area contributed by atoms with Crippen LogP contribution in [-0.4, -0.2) is 52.1 Å². The molecule has 33 heavy (non-hydrogen) atoms. The summed E-state index contributed by atoms with van der Waals surface area (Å²) in [5.41, 5.74) is 1.69. The Morgan fingerprint density at radius 3 is 2.09 bits per heavy atom. The molecule has 0 unspecified atom stereocenters. The highest BCUT2D eigenvalue weighted by Gasteiger charge is 2.35. The number of nitrogens with one attached hydrogen (secondary N) is 1. The lowest BCUT2D eigenvalue weighted by molar-refractivity contribution is -0.140. The maximum absolute atomic E-state index is 13.1. The van der Waals surface area contributed by atoms with Gasteiger partial charge in [-0.25, -0.2) is 0 Å². The quantitative estimate of drug-likeness (QED) is 0.517. The number of hydrogen-bond donors (Lipinski definition) is 1. The molecule has 0 aliphatic carbocycles. The minimum atomic E-state index is -0.664. The molecule has 1 heterocycles. The molecule has 0 fully saturated rings. The Morgan fingerprint density at radius 1 is 0.970 bits per heavy atom. The number of carbonyl (C=O) groups excluding carboxylic acids is 4. The van der Waals surface area contributed by atoms with Crippen molar-refractivity contribution in [3.63, 3.8) is 0 Å². The van der Waals surface area contributed by atoms with Crippen LogP contribution in [0.3, 0.4) is 0 Å². The Bertz CT molecular complexity index is 1020. The average molecular weight is 514 g/mol. The molecule has 0 saturated heterocycles. The van der Waals surface area contributed by atoms with Gasteiger partial charge in [0.15, 0.2) is 0 Å². The van der Waals surface area contributed by atoms with Gasteiger partial charge in [-0.1, -0.05) is 40.2 Å². The van der Waals surface area contributed by atoms with Gasteiger partial charge in [0, 0.05) is 30.0 Å². The first-order valence-corrected chi connectivity index (χ1v) is 11.8. The Balaban J connectivity index is 1.66. The molecule has 1 aliphatic heterocycles. The van der Waals surface area contributed by atoms with Crippen molar-refractivity contribution in [3.8, 4) is 0 Å². The van der Waals surface area contributed by atoms with Crippen molar-refractivity contribution in [2.24, 2.45) is 0 Å². The lowest BCUT2D eigenvalue weighted by Gasteiger charge is -2.29. The van der Waals surface area contributed by atoms with Crippen molar-refractivity contribution in [1.82, 2.24) is 15.1 Å². The molecule has 0 radical (unpaired) electrons. The molecule has 1 atom stereocenters. The highest BCUT2D eigenvalue weighted by molar-refractivity contribution is 9.10. The molecule has 4 amide bonds. The van der Waals surface area contributed by atoms with Gasteiger partial charge in [-0.15, -0.1) is 0 Å². The number of benzene rings is 2. The molecular weight excluding hydrogens is 486 g/mol. The fourth-order valence-corrected chi connectivity index (χ4v) is 4.01. The summed E-state index contributed by atoms with van der Waals surface area (Å²) in [7, 11) is 0. The van der Waals surface area contributed by atoms with Crippen molar-refractivity contribution in [2.75, 3.05) is 6.54 Å². The summed E-state index contributed by atoms with van der Waals surface area (Å²) in [6.07, 6.45) is 0.433. The fraction of sp³-hybridized carbons (Fsp3) is 0.360. The third kappa shape index (κ3) is 5.87. The first-order chi connectivity index (χ1) is 15.7. The zero-order chi connectivity index (χ0) is 24.1. The van der Waals surface area contributed by atoms with Crippen LogP contribution < -0.4 is 5.32 Å². The van der Waals surface area contributed by atoms with Crippen LogP contribution in [0, 0.1) is 0 Å². The average Bonchev–Trinajstić information content (AvgIpc) is 3.02. The SMILES string of the molecule is CC(C)NC(=O)[C@H](C)N(Cc1ccc(Br)cc1)C(=O)CCCN1C(=O)c2ccccc2C1=O. The topological polar surface area (TPSA) is 86.8 Å². The molecule has 0 saturated carbocycles. The number of carbonyl (C=O) groups is 4. The second kappa shape index (κ2) is 10.7. The minimum absolute atomic E-state index is 0.0431. The highest BCUT2D eigenvalue weighted by atomic mass is 79.9. The number of hydrogen-bond acceptors (Lipinski definition) is 4. The van der Waals surface area contributed by atoms with Crippen LogP contribution in [0.25, 0.3) is 0 Å². The first-order valence-electron chi connectivity index (χ1n) is 11.0. The second-order valence-corrected chi connectivity index (χ2v) is 9.31. The van der Waals surface area contributed by atoms with Gasteiger partial charge in [0.05, 0.1) is 11.1 Å². The predicted molar refractivity (Wildman–Crippen MR) is 128 cm³/mol. The molecule has 2 aromatic rings. The van der Waals surface area contributed by atoms with E-state index in [1.54, 1.807) is 36.1 Å². The number of amides is 4. The van der Waals surface area contributed by atoms with E-state index in [1.165, 1.54) is 4.90 Å². The van der Waals surface area contributed by atoms with E-state index in [0.29, 0.717) is 17.5 Å². The monoisotopic (exact) mass is 513 g/mol. The number of rotatable bonds is 9. The Kier molecular flexibility index (Phi) is 8.02. The molecule has 2 aromatic carbocycles. The summed E-state index contributed by atoms with van der Waals surface area (Å²) in [6, 6.07) is 13.6. The number of fused-ring (bicyclic) bond motifs is 1. The smallest absolute Gasteiger partial charge is 0.261 e. The van der Waals surface area contributed by atoms with Crippen LogP contribution in [0.4, 0.5) is 0 Å². The van der Waals surface area contributed by atoms with Crippen LogP contribution in [0.5, 0.6) is 0 Å². The van der Waals surface area contributed by atoms with Crippen LogP contribution >= 0.6 is 15.9 Å². The minimum Gasteiger partial charge on any atom is -0.352 e. The zero-order valence-corrected chi connectivity index (χ0v) is 20.6. The Hall–Kier alpha value is -3.00. The van der Waals surface area contributed by atoms with E-state index in [4.69, 9.17) is 0 Å². The molecule has 8 heteroatoms. The third-order valence-electron chi connectivity index (χ3n) is 5.51. The van der Waals surface area contributed by atoms with Crippen LogP contribution in [0.15, 0.2) is 53.0 Å². The van der Waals surface area contributed by atoms with E-state index in [0.717, 1.165) is 10.0 Å². The van der Waals surface area contributed by atoms with E-state index in [9.17, 15) is 19.2 Å². The molecule has 174 valence electrons. The van der Waals surface area contributed by atoms with Crippen molar-refractivity contribution >= 4 is 39.6 Å². The normalized spacial score (nSPS) is 13.8.